The molecule has 4 aromatic rings. The van der Waals surface area contributed by atoms with E-state index in [9.17, 15) is 9.59 Å². The summed E-state index contributed by atoms with van der Waals surface area (Å²) < 4.78 is 2.18. The van der Waals surface area contributed by atoms with Crippen molar-refractivity contribution in [2.24, 2.45) is 0 Å². The molecule has 0 saturated heterocycles. The van der Waals surface area contributed by atoms with Gasteiger partial charge in [0, 0.05) is 36.6 Å². The van der Waals surface area contributed by atoms with Crippen LogP contribution in [0.4, 0.5) is 5.95 Å². The molecule has 1 fully saturated rings. The molecule has 3 heterocycles. The quantitative estimate of drug-likeness (QED) is 0.316. The molecule has 0 radical (unpaired) electrons. The fraction of sp³-hybridized carbons (Fsp3) is 0.345. The Hall–Kier alpha value is -3.92. The highest BCUT2D eigenvalue weighted by atomic mass is 32.2. The molecule has 10 heteroatoms. The Morgan fingerprint density at radius 3 is 2.64 bits per heavy atom. The lowest BCUT2D eigenvalue weighted by atomic mass is 9.82. The molecule has 3 aromatic heterocycles. The maximum atomic E-state index is 12.9. The van der Waals surface area contributed by atoms with Gasteiger partial charge in [-0.3, -0.25) is 24.5 Å². The number of ketones is 1. The minimum Gasteiger partial charge on any atom is -0.299 e. The number of aromatic nitrogens is 6. The van der Waals surface area contributed by atoms with Crippen molar-refractivity contribution < 1.29 is 9.59 Å². The van der Waals surface area contributed by atoms with Crippen molar-refractivity contribution in [1.29, 1.82) is 0 Å². The Labute approximate surface area is 230 Å². The number of fused-ring (bicyclic) bond motifs is 1. The summed E-state index contributed by atoms with van der Waals surface area (Å²) in [5.74, 6) is 1.01. The van der Waals surface area contributed by atoms with Gasteiger partial charge in [-0.25, -0.2) is 9.97 Å². The van der Waals surface area contributed by atoms with E-state index >= 15 is 0 Å². The minimum atomic E-state index is -0.234. The summed E-state index contributed by atoms with van der Waals surface area (Å²) in [5, 5.41) is 12.5. The topological polar surface area (TPSA) is 116 Å². The zero-order chi connectivity index (χ0) is 26.6. The molecule has 1 amide bonds. The number of anilines is 1. The third kappa shape index (κ3) is 5.61. The van der Waals surface area contributed by atoms with Gasteiger partial charge in [-0.1, -0.05) is 61.4 Å². The van der Waals surface area contributed by atoms with E-state index in [1.54, 1.807) is 12.4 Å². The molecule has 9 nitrogen and oxygen atoms in total. The fourth-order valence-corrected chi connectivity index (χ4v) is 6.30. The highest BCUT2D eigenvalue weighted by Crippen LogP contribution is 2.36. The van der Waals surface area contributed by atoms with Gasteiger partial charge in [0.15, 0.2) is 16.8 Å². The second-order valence-corrected chi connectivity index (χ2v) is 11.0. The van der Waals surface area contributed by atoms with E-state index in [2.05, 4.69) is 35.0 Å². The zero-order valence-corrected chi connectivity index (χ0v) is 22.3. The molecule has 1 atom stereocenters. The third-order valence-corrected chi connectivity index (χ3v) is 8.36. The molecule has 0 spiro atoms. The van der Waals surface area contributed by atoms with E-state index in [1.807, 2.05) is 42.5 Å². The molecule has 39 heavy (non-hydrogen) atoms. The molecule has 1 aromatic carbocycles. The SMILES string of the molecule is O=C(CSc1nnc(-c2cccnc2)n1C1CCCCC1)Nc1ncc2c(n1)C[C@@H](c1ccccc1)CC2=O. The summed E-state index contributed by atoms with van der Waals surface area (Å²) in [7, 11) is 0. The average Bonchev–Trinajstić information content (AvgIpc) is 3.41. The van der Waals surface area contributed by atoms with Crippen LogP contribution < -0.4 is 5.32 Å². The number of pyridine rings is 1. The highest BCUT2D eigenvalue weighted by Gasteiger charge is 2.28. The third-order valence-electron chi connectivity index (χ3n) is 7.42. The Balaban J connectivity index is 1.16. The van der Waals surface area contributed by atoms with Gasteiger partial charge in [-0.2, -0.15) is 0 Å². The van der Waals surface area contributed by atoms with Gasteiger partial charge in [0.2, 0.25) is 11.9 Å². The molecular formula is C29H29N7O2S. The second-order valence-electron chi connectivity index (χ2n) is 10.0. The van der Waals surface area contributed by atoms with Gasteiger partial charge in [-0.05, 0) is 42.9 Å². The minimum absolute atomic E-state index is 0.0324. The van der Waals surface area contributed by atoms with Gasteiger partial charge < -0.3 is 0 Å². The van der Waals surface area contributed by atoms with E-state index in [-0.39, 0.29) is 29.3 Å². The summed E-state index contributed by atoms with van der Waals surface area (Å²) in [4.78, 5) is 38.7. The predicted octanol–water partition coefficient (Wildman–Crippen LogP) is 5.28. The van der Waals surface area contributed by atoms with E-state index in [4.69, 9.17) is 0 Å². The lowest BCUT2D eigenvalue weighted by Gasteiger charge is -2.25. The summed E-state index contributed by atoms with van der Waals surface area (Å²) in [6.45, 7) is 0. The number of amides is 1. The van der Waals surface area contributed by atoms with Crippen LogP contribution >= 0.6 is 11.8 Å². The van der Waals surface area contributed by atoms with Crippen LogP contribution in [0.3, 0.4) is 0 Å². The van der Waals surface area contributed by atoms with Gasteiger partial charge in [0.05, 0.1) is 17.0 Å². The predicted molar refractivity (Wildman–Crippen MR) is 149 cm³/mol. The zero-order valence-electron chi connectivity index (χ0n) is 21.5. The first kappa shape index (κ1) is 25.4. The normalized spacial score (nSPS) is 17.5. The summed E-state index contributed by atoms with van der Waals surface area (Å²) in [6, 6.07) is 14.2. The van der Waals surface area contributed by atoms with Gasteiger partial charge in [0.25, 0.3) is 0 Å². The summed E-state index contributed by atoms with van der Waals surface area (Å²) in [6.07, 6.45) is 11.9. The smallest absolute Gasteiger partial charge is 0.237 e. The van der Waals surface area contributed by atoms with Gasteiger partial charge >= 0.3 is 0 Å². The van der Waals surface area contributed by atoms with Crippen LogP contribution in [-0.2, 0) is 11.2 Å². The average molecular weight is 540 g/mol. The maximum absolute atomic E-state index is 12.9. The molecule has 0 unspecified atom stereocenters. The molecule has 2 aliphatic rings. The number of thioether (sulfide) groups is 1. The van der Waals surface area contributed by atoms with E-state index in [0.29, 0.717) is 30.1 Å². The van der Waals surface area contributed by atoms with Crippen LogP contribution in [0.15, 0.2) is 66.2 Å². The van der Waals surface area contributed by atoms with Crippen LogP contribution in [0.25, 0.3) is 11.4 Å². The Morgan fingerprint density at radius 1 is 1.00 bits per heavy atom. The van der Waals surface area contributed by atoms with Crippen LogP contribution in [0.1, 0.15) is 72.1 Å². The first-order valence-electron chi connectivity index (χ1n) is 13.4. The first-order chi connectivity index (χ1) is 19.2. The van der Waals surface area contributed by atoms with Crippen molar-refractivity contribution in [2.45, 2.75) is 62.1 Å². The summed E-state index contributed by atoms with van der Waals surface area (Å²) >= 11 is 1.36. The molecule has 1 N–H and O–H groups in total. The van der Waals surface area contributed by atoms with Crippen LogP contribution in [0.5, 0.6) is 0 Å². The standard InChI is InChI=1S/C29H29N7O2S/c37-25-15-21(19-8-3-1-4-9-19)14-24-23(25)17-31-28(32-24)33-26(38)18-39-29-35-34-27(20-10-7-13-30-16-20)36(29)22-11-5-2-6-12-22/h1,3-4,7-10,13,16-17,21-22H,2,5-6,11-12,14-15,18H2,(H,31,32,33,38)/t21-/m1/s1. The fourth-order valence-electron chi connectivity index (χ4n) is 5.49. The number of nitrogens with one attached hydrogen (secondary N) is 1. The number of benzene rings is 1. The van der Waals surface area contributed by atoms with E-state index in [0.717, 1.165) is 34.9 Å². The van der Waals surface area contributed by atoms with Crippen molar-refractivity contribution in [3.05, 3.63) is 77.9 Å². The number of carbonyl (C=O) groups excluding carboxylic acids is 2. The number of carbonyl (C=O) groups is 2. The number of hydrogen-bond acceptors (Lipinski definition) is 8. The molecule has 0 aliphatic heterocycles. The number of rotatable bonds is 7. The molecule has 2 aliphatic carbocycles. The number of nitrogens with zero attached hydrogens (tertiary/aromatic N) is 6. The van der Waals surface area contributed by atoms with Crippen molar-refractivity contribution in [3.8, 4) is 11.4 Å². The first-order valence-corrected chi connectivity index (χ1v) is 14.4. The Morgan fingerprint density at radius 2 is 1.85 bits per heavy atom. The molecule has 198 valence electrons. The lowest BCUT2D eigenvalue weighted by molar-refractivity contribution is -0.113. The van der Waals surface area contributed by atoms with Crippen LogP contribution in [0, 0.1) is 0 Å². The Bertz CT molecular complexity index is 1470. The summed E-state index contributed by atoms with van der Waals surface area (Å²) in [5.41, 5.74) is 3.25. The van der Waals surface area contributed by atoms with Crippen LogP contribution in [-0.4, -0.2) is 47.2 Å². The van der Waals surface area contributed by atoms with E-state index in [1.165, 1.54) is 37.2 Å². The Kier molecular flexibility index (Phi) is 7.44. The number of hydrogen-bond donors (Lipinski definition) is 1. The van der Waals surface area contributed by atoms with Crippen LogP contribution in [0.2, 0.25) is 0 Å². The lowest BCUT2D eigenvalue weighted by Crippen LogP contribution is -2.23. The monoisotopic (exact) mass is 539 g/mol. The molecule has 6 rings (SSSR count). The molecule has 1 saturated carbocycles. The maximum Gasteiger partial charge on any atom is 0.237 e. The molecular weight excluding hydrogens is 510 g/mol. The van der Waals surface area contributed by atoms with Gasteiger partial charge in [0.1, 0.15) is 0 Å². The number of Topliss-reactive ketones (excluding diaryl/α,β-unsaturated/α-hetero) is 1. The van der Waals surface area contributed by atoms with Gasteiger partial charge in [-0.15, -0.1) is 10.2 Å². The van der Waals surface area contributed by atoms with Crippen molar-refractivity contribution in [2.75, 3.05) is 11.1 Å². The second kappa shape index (κ2) is 11.4. The van der Waals surface area contributed by atoms with Crippen molar-refractivity contribution in [3.63, 3.8) is 0 Å². The van der Waals surface area contributed by atoms with Crippen molar-refractivity contribution >= 4 is 29.4 Å². The van der Waals surface area contributed by atoms with Crippen molar-refractivity contribution in [1.82, 2.24) is 29.7 Å². The largest absolute Gasteiger partial charge is 0.299 e. The highest BCUT2D eigenvalue weighted by molar-refractivity contribution is 7.99. The molecule has 0 bridgehead atoms. The van der Waals surface area contributed by atoms with E-state index < -0.39 is 0 Å².